The summed E-state index contributed by atoms with van der Waals surface area (Å²) in [6.45, 7) is 0. The molecule has 0 bridgehead atoms. The van der Waals surface area contributed by atoms with Crippen molar-refractivity contribution in [3.63, 3.8) is 0 Å². The zero-order chi connectivity index (χ0) is 32.9. The molecule has 0 aliphatic heterocycles. The van der Waals surface area contributed by atoms with Crippen LogP contribution in [0.25, 0.3) is 0 Å². The number of benzene rings is 3. The molecule has 0 aliphatic rings. The van der Waals surface area contributed by atoms with E-state index in [-0.39, 0.29) is 186 Å². The van der Waals surface area contributed by atoms with E-state index in [1.165, 1.54) is 0 Å². The molecule has 34 nitrogen and oxygen atoms in total. The van der Waals surface area contributed by atoms with Gasteiger partial charge in [-0.25, -0.2) is 50.5 Å². The molecule has 0 saturated heterocycles. The Hall–Kier alpha value is -0.351. The van der Waals surface area contributed by atoms with Crippen molar-refractivity contribution in [2.24, 2.45) is 0 Å². The van der Waals surface area contributed by atoms with Crippen molar-refractivity contribution in [2.75, 3.05) is 0 Å². The Morgan fingerprint density at radius 2 is 0.300 bits per heavy atom. The molecule has 0 fully saturated rings. The third-order valence-corrected chi connectivity index (χ3v) is 9.92. The SMILES string of the molecule is O.O.O.O.O=S(=O)([O-])c1ccccc1S(=O)(=O)[O-].O=S(=O)([O-])c1ccccc1S(=O)(=O)[O-].O=S(=O)([O-])c1ccccc1S(=O)(=O)[O-].[Eu+3].[Eu+3].[OH3+].[OH3+].[OH3+].[OH3+].[OH3+].[OH3+].[OH3+].[OH3+].[OH3+].[OH3+].[OH3+].[OH3+]. The Labute approximate surface area is 421 Å². The van der Waals surface area contributed by atoms with E-state index in [4.69, 9.17) is 0 Å². The minimum absolute atomic E-state index is 0. The van der Waals surface area contributed by atoms with Crippen LogP contribution in [0.15, 0.2) is 102 Å². The van der Waals surface area contributed by atoms with Crippen LogP contribution < -0.4 is 0 Å². The fraction of sp³-hybridized carbons (Fsp3) is 0. The zero-order valence-electron chi connectivity index (χ0n) is 29.4. The molecule has 0 spiro atoms. The van der Waals surface area contributed by atoms with Gasteiger partial charge in [-0.05, 0) is 36.4 Å². The van der Waals surface area contributed by atoms with Crippen molar-refractivity contribution in [3.05, 3.63) is 72.8 Å². The van der Waals surface area contributed by atoms with Gasteiger partial charge in [0.15, 0.2) is 0 Å². The van der Waals surface area contributed by atoms with Gasteiger partial charge in [0, 0.05) is 0 Å². The van der Waals surface area contributed by atoms with E-state index in [1.807, 2.05) is 0 Å². The molecule has 3 rings (SSSR count). The molecule has 0 radical (unpaired) electrons. The Kier molecular flexibility index (Phi) is 89.2. The predicted octanol–water partition coefficient (Wildman–Crippen LogP) is -15.9. The van der Waals surface area contributed by atoms with E-state index in [0.717, 1.165) is 72.8 Å². The van der Waals surface area contributed by atoms with Crippen LogP contribution in [0.1, 0.15) is 0 Å². The number of hydrogen-bond donors (Lipinski definition) is 0. The standard InChI is InChI=1S/3C6H6O6S2.2Eu.16H2O/c3*7-13(8,9)5-3-1-2-4-6(5)14(10,11)12;;;;;;;;;;;;;;;;;;/h3*1-4H,(H,7,8,9)(H,10,11,12);;;16*1H2/q;;;2*+3;;;;;;;;;;;;;;;;/p+6. The molecule has 0 aromatic heterocycles. The maximum atomic E-state index is 10.5. The van der Waals surface area contributed by atoms with Gasteiger partial charge in [-0.1, -0.05) is 36.4 Å². The summed E-state index contributed by atoms with van der Waals surface area (Å²) in [6, 6.07) is 11.5. The summed E-state index contributed by atoms with van der Waals surface area (Å²) in [5.41, 5.74) is 0. The van der Waals surface area contributed by atoms with Crippen molar-refractivity contribution in [1.29, 1.82) is 0 Å². The molecule has 0 atom stereocenters. The van der Waals surface area contributed by atoms with E-state index in [2.05, 4.69) is 0 Å². The largest absolute Gasteiger partial charge is 3.00 e. The third kappa shape index (κ3) is 39.3. The molecule has 0 unspecified atom stereocenters. The van der Waals surface area contributed by atoms with Crippen LogP contribution in [-0.4, -0.2) is 99.7 Å². The number of hydrogen-bond acceptors (Lipinski definition) is 18. The van der Waals surface area contributed by atoms with Gasteiger partial charge < -0.3 is 115 Å². The first-order chi connectivity index (χ1) is 18.7. The van der Waals surface area contributed by atoms with Gasteiger partial charge >= 0.3 is 98.8 Å². The van der Waals surface area contributed by atoms with E-state index >= 15 is 0 Å². The summed E-state index contributed by atoms with van der Waals surface area (Å²) in [5.74, 6) is 0. The van der Waals surface area contributed by atoms with Gasteiger partial charge in [0.1, 0.15) is 60.7 Å². The first-order valence-corrected chi connectivity index (χ1v) is 18.2. The third-order valence-electron chi connectivity index (χ3n) is 4.16. The second kappa shape index (κ2) is 45.2. The fourth-order valence-electron chi connectivity index (χ4n) is 2.59. The van der Waals surface area contributed by atoms with Gasteiger partial charge in [0.05, 0.1) is 29.4 Å². The molecule has 3 aromatic carbocycles. The monoisotopic (exact) mass is 1310 g/mol. The zero-order valence-corrected chi connectivity index (χ0v) is 39.2. The van der Waals surface area contributed by atoms with Gasteiger partial charge in [0.2, 0.25) is 0 Å². The molecule has 60 heavy (non-hydrogen) atoms. The van der Waals surface area contributed by atoms with E-state index in [1.54, 1.807) is 0 Å². The Bertz CT molecular complexity index is 1750. The molecular weight excluding hydrogens is 1260 g/mol. The van der Waals surface area contributed by atoms with Gasteiger partial charge in [0.25, 0.3) is 0 Å². The summed E-state index contributed by atoms with van der Waals surface area (Å²) >= 11 is 0. The maximum Gasteiger partial charge on any atom is 3.00 e. The van der Waals surface area contributed by atoms with Crippen molar-refractivity contribution < 1.29 is 264 Å². The van der Waals surface area contributed by atoms with Crippen molar-refractivity contribution >= 4 is 60.7 Å². The smallest absolute Gasteiger partial charge is 0.744 e. The Morgan fingerprint density at radius 1 is 0.233 bits per heavy atom. The predicted molar refractivity (Wildman–Crippen MR) is 200 cm³/mol. The number of rotatable bonds is 6. The molecule has 0 saturated carbocycles. The second-order valence-electron chi connectivity index (χ2n) is 7.06. The minimum Gasteiger partial charge on any atom is -0.744 e. The van der Waals surface area contributed by atoms with Crippen LogP contribution >= 0.6 is 0 Å². The summed E-state index contributed by atoms with van der Waals surface area (Å²) < 4.78 is 190. The molecule has 0 heterocycles. The molecule has 42 heteroatoms. The molecule has 44 N–H and O–H groups in total. The van der Waals surface area contributed by atoms with Gasteiger partial charge in [-0.2, -0.15) is 0 Å². The van der Waals surface area contributed by atoms with Crippen LogP contribution in [-0.2, 0) is 126 Å². The quantitative estimate of drug-likeness (QED) is 0.163. The van der Waals surface area contributed by atoms with Crippen LogP contribution in [0.3, 0.4) is 0 Å². The Balaban J connectivity index is -0.0000000240. The van der Waals surface area contributed by atoms with Crippen molar-refractivity contribution in [3.8, 4) is 0 Å². The summed E-state index contributed by atoms with van der Waals surface area (Å²) in [6.07, 6.45) is 0. The van der Waals surface area contributed by atoms with Crippen LogP contribution in [0.5, 0.6) is 0 Å². The van der Waals surface area contributed by atoms with Crippen molar-refractivity contribution in [1.82, 2.24) is 0 Å². The van der Waals surface area contributed by atoms with Crippen LogP contribution in [0, 0.1) is 98.8 Å². The maximum absolute atomic E-state index is 10.5. The minimum atomic E-state index is -4.95. The van der Waals surface area contributed by atoms with Crippen LogP contribution in [0.4, 0.5) is 0 Å². The topological polar surface area (TPSA) is 865 Å². The van der Waals surface area contributed by atoms with Crippen LogP contribution in [0.2, 0.25) is 0 Å². The van der Waals surface area contributed by atoms with Gasteiger partial charge in [-0.3, -0.25) is 0 Å². The summed E-state index contributed by atoms with van der Waals surface area (Å²) in [4.78, 5) is -6.11. The molecular formula is C18H56Eu2O34S6+12. The van der Waals surface area contributed by atoms with E-state index in [9.17, 15) is 77.8 Å². The normalized spacial score (nSPS) is 8.90. The second-order valence-corrected chi connectivity index (χ2v) is 15.2. The first-order valence-electron chi connectivity index (χ1n) is 9.71. The summed E-state index contributed by atoms with van der Waals surface area (Å²) in [7, 11) is -29.7. The summed E-state index contributed by atoms with van der Waals surface area (Å²) in [5, 5.41) is 0. The van der Waals surface area contributed by atoms with E-state index in [0.29, 0.717) is 0 Å². The molecule has 3 aromatic rings. The first kappa shape index (κ1) is 118. The fourth-order valence-corrected chi connectivity index (χ4v) is 7.78. The molecule has 370 valence electrons. The average molecular weight is 1310 g/mol. The van der Waals surface area contributed by atoms with Gasteiger partial charge in [-0.15, -0.1) is 0 Å². The Morgan fingerprint density at radius 3 is 0.350 bits per heavy atom. The molecule has 0 aliphatic carbocycles. The van der Waals surface area contributed by atoms with Crippen molar-refractivity contribution in [2.45, 2.75) is 29.4 Å². The average Bonchev–Trinajstić information content (AvgIpc) is 2.82. The van der Waals surface area contributed by atoms with E-state index < -0.39 is 90.1 Å². The molecule has 0 amide bonds.